The first-order valence-corrected chi connectivity index (χ1v) is 12.0. The van der Waals surface area contributed by atoms with Crippen molar-refractivity contribution >= 4 is 33.2 Å². The minimum Gasteiger partial charge on any atom is -0.495 e. The van der Waals surface area contributed by atoms with Crippen molar-refractivity contribution in [3.8, 4) is 11.8 Å². The van der Waals surface area contributed by atoms with E-state index < -0.39 is 21.8 Å². The van der Waals surface area contributed by atoms with Crippen molar-refractivity contribution in [2.45, 2.75) is 31.1 Å². The van der Waals surface area contributed by atoms with Gasteiger partial charge in [0.25, 0.3) is 21.8 Å². The number of nitriles is 1. The molecule has 9 nitrogen and oxygen atoms in total. The highest BCUT2D eigenvalue weighted by Crippen LogP contribution is 2.36. The van der Waals surface area contributed by atoms with Crippen molar-refractivity contribution in [1.29, 1.82) is 5.26 Å². The number of carbonyl (C=O) groups excluding carboxylic acids is 2. The van der Waals surface area contributed by atoms with E-state index in [4.69, 9.17) is 4.74 Å². The molecule has 0 radical (unpaired) electrons. The van der Waals surface area contributed by atoms with Gasteiger partial charge in [-0.15, -0.1) is 0 Å². The first kappa shape index (κ1) is 23.9. The SMILES string of the molecule is COc1cncc(N2C(=O)c3c(C#N)ccc(NS(=O)(=O)c4ccc(C(C)(C)C)cc4)c3C2=O)c1. The second-order valence-electron chi connectivity index (χ2n) is 8.93. The molecule has 4 rings (SSSR count). The normalized spacial score (nSPS) is 13.4. The number of aromatic nitrogens is 1. The highest BCUT2D eigenvalue weighted by atomic mass is 32.2. The number of imide groups is 1. The van der Waals surface area contributed by atoms with Gasteiger partial charge in [0.2, 0.25) is 0 Å². The number of nitrogens with zero attached hydrogens (tertiary/aromatic N) is 3. The van der Waals surface area contributed by atoms with E-state index in [1.807, 2.05) is 26.8 Å². The summed E-state index contributed by atoms with van der Waals surface area (Å²) in [6.07, 6.45) is 2.71. The quantitative estimate of drug-likeness (QED) is 0.538. The summed E-state index contributed by atoms with van der Waals surface area (Å²) < 4.78 is 33.8. The van der Waals surface area contributed by atoms with E-state index in [9.17, 15) is 23.3 Å². The second kappa shape index (κ2) is 8.52. The zero-order chi connectivity index (χ0) is 25.5. The maximum atomic E-state index is 13.4. The van der Waals surface area contributed by atoms with Crippen LogP contribution in [0.3, 0.4) is 0 Å². The summed E-state index contributed by atoms with van der Waals surface area (Å²) in [6.45, 7) is 6.04. The summed E-state index contributed by atoms with van der Waals surface area (Å²) in [6, 6.07) is 12.4. The molecule has 1 aromatic heterocycles. The van der Waals surface area contributed by atoms with Crippen molar-refractivity contribution in [3.63, 3.8) is 0 Å². The van der Waals surface area contributed by atoms with Gasteiger partial charge in [0.1, 0.15) is 5.75 Å². The van der Waals surface area contributed by atoms with Gasteiger partial charge in [-0.25, -0.2) is 13.3 Å². The van der Waals surface area contributed by atoms with Crippen molar-refractivity contribution < 1.29 is 22.7 Å². The van der Waals surface area contributed by atoms with Crippen LogP contribution in [0.1, 0.15) is 52.6 Å². The Kier molecular flexibility index (Phi) is 5.82. The largest absolute Gasteiger partial charge is 0.495 e. The molecule has 0 spiro atoms. The number of hydrogen-bond donors (Lipinski definition) is 1. The van der Waals surface area contributed by atoms with Crippen LogP contribution in [0.4, 0.5) is 11.4 Å². The number of benzene rings is 2. The van der Waals surface area contributed by atoms with Gasteiger partial charge in [0.15, 0.2) is 0 Å². The molecule has 35 heavy (non-hydrogen) atoms. The van der Waals surface area contributed by atoms with Crippen LogP contribution < -0.4 is 14.4 Å². The highest BCUT2D eigenvalue weighted by Gasteiger charge is 2.41. The smallest absolute Gasteiger partial charge is 0.268 e. The number of ether oxygens (including phenoxy) is 1. The lowest BCUT2D eigenvalue weighted by atomic mass is 9.87. The van der Waals surface area contributed by atoms with Gasteiger partial charge in [0, 0.05) is 6.07 Å². The van der Waals surface area contributed by atoms with Crippen LogP contribution in [0.5, 0.6) is 5.75 Å². The predicted molar refractivity (Wildman–Crippen MR) is 129 cm³/mol. The molecule has 178 valence electrons. The van der Waals surface area contributed by atoms with E-state index in [0.717, 1.165) is 10.5 Å². The lowest BCUT2D eigenvalue weighted by Crippen LogP contribution is -2.29. The van der Waals surface area contributed by atoms with Crippen LogP contribution in [-0.4, -0.2) is 32.3 Å². The summed E-state index contributed by atoms with van der Waals surface area (Å²) >= 11 is 0. The van der Waals surface area contributed by atoms with Gasteiger partial charge >= 0.3 is 0 Å². The molecule has 0 saturated carbocycles. The lowest BCUT2D eigenvalue weighted by molar-refractivity contribution is 0.0926. The molecule has 2 heterocycles. The Morgan fingerprint density at radius 2 is 1.66 bits per heavy atom. The summed E-state index contributed by atoms with van der Waals surface area (Å²) in [4.78, 5) is 31.4. The van der Waals surface area contributed by atoms with Gasteiger partial charge in [-0.1, -0.05) is 32.9 Å². The maximum absolute atomic E-state index is 13.4. The summed E-state index contributed by atoms with van der Waals surface area (Å²) in [7, 11) is -2.68. The van der Waals surface area contributed by atoms with Crippen LogP contribution in [0.2, 0.25) is 0 Å². The monoisotopic (exact) mass is 490 g/mol. The third-order valence-corrected chi connectivity index (χ3v) is 7.01. The minimum absolute atomic E-state index is 0.00534. The fraction of sp³-hybridized carbons (Fsp3) is 0.200. The van der Waals surface area contributed by atoms with E-state index in [0.29, 0.717) is 5.75 Å². The molecule has 0 bridgehead atoms. The fourth-order valence-corrected chi connectivity index (χ4v) is 4.83. The minimum atomic E-state index is -4.10. The molecule has 0 unspecified atom stereocenters. The zero-order valence-electron chi connectivity index (χ0n) is 19.5. The number of nitrogens with one attached hydrogen (secondary N) is 1. The molecule has 0 atom stereocenters. The van der Waals surface area contributed by atoms with Crippen molar-refractivity contribution in [2.24, 2.45) is 0 Å². The molecule has 2 aromatic carbocycles. The van der Waals surface area contributed by atoms with Crippen LogP contribution in [0.25, 0.3) is 0 Å². The second-order valence-corrected chi connectivity index (χ2v) is 10.6. The average molecular weight is 491 g/mol. The fourth-order valence-electron chi connectivity index (χ4n) is 3.75. The standard InChI is InChI=1S/C25H22N4O5S/c1-25(2,3)16-6-8-19(9-7-16)35(32,33)28-20-10-5-15(12-26)21-22(20)24(31)29(23(21)30)17-11-18(34-4)14-27-13-17/h5-11,13-14,28H,1-4H3. The molecule has 1 N–H and O–H groups in total. The zero-order valence-corrected chi connectivity index (χ0v) is 20.3. The van der Waals surface area contributed by atoms with Gasteiger partial charge in [0.05, 0.1) is 58.5 Å². The Balaban J connectivity index is 1.77. The number of rotatable bonds is 5. The predicted octanol–water partition coefficient (Wildman–Crippen LogP) is 3.86. The Bertz CT molecular complexity index is 1500. The van der Waals surface area contributed by atoms with E-state index in [2.05, 4.69) is 9.71 Å². The maximum Gasteiger partial charge on any atom is 0.268 e. The summed E-state index contributed by atoms with van der Waals surface area (Å²) in [5.74, 6) is -1.22. The number of hydrogen-bond acceptors (Lipinski definition) is 7. The Labute approximate surface area is 203 Å². The summed E-state index contributed by atoms with van der Waals surface area (Å²) in [5.41, 5.74) is 0.403. The van der Waals surface area contributed by atoms with Crippen LogP contribution in [-0.2, 0) is 15.4 Å². The first-order valence-electron chi connectivity index (χ1n) is 10.6. The van der Waals surface area contributed by atoms with Crippen LogP contribution in [0.15, 0.2) is 59.8 Å². The number of carbonyl (C=O) groups is 2. The molecule has 0 aliphatic carbocycles. The molecular formula is C25H22N4O5S. The van der Waals surface area contributed by atoms with E-state index >= 15 is 0 Å². The number of methoxy groups -OCH3 is 1. The Morgan fingerprint density at radius 3 is 2.26 bits per heavy atom. The lowest BCUT2D eigenvalue weighted by Gasteiger charge is -2.19. The molecule has 2 amide bonds. The molecule has 3 aromatic rings. The molecule has 0 fully saturated rings. The number of anilines is 2. The highest BCUT2D eigenvalue weighted by molar-refractivity contribution is 7.92. The number of amides is 2. The molecule has 10 heteroatoms. The van der Waals surface area contributed by atoms with Crippen molar-refractivity contribution in [3.05, 3.63) is 77.1 Å². The summed E-state index contributed by atoms with van der Waals surface area (Å²) in [5, 5.41) is 9.53. The Hall–Kier alpha value is -4.23. The first-order chi connectivity index (χ1) is 16.5. The average Bonchev–Trinajstić information content (AvgIpc) is 3.09. The molecule has 0 saturated heterocycles. The topological polar surface area (TPSA) is 129 Å². The molecule has 1 aliphatic rings. The third kappa shape index (κ3) is 4.22. The van der Waals surface area contributed by atoms with E-state index in [1.54, 1.807) is 12.1 Å². The van der Waals surface area contributed by atoms with Gasteiger partial charge in [-0.05, 0) is 35.2 Å². The van der Waals surface area contributed by atoms with Gasteiger partial charge in [-0.2, -0.15) is 5.26 Å². The third-order valence-electron chi connectivity index (χ3n) is 5.63. The van der Waals surface area contributed by atoms with Crippen molar-refractivity contribution in [1.82, 2.24) is 4.98 Å². The number of fused-ring (bicyclic) bond motifs is 1. The number of pyridine rings is 1. The van der Waals surface area contributed by atoms with Crippen molar-refractivity contribution in [2.75, 3.05) is 16.7 Å². The van der Waals surface area contributed by atoms with Crippen LogP contribution in [0, 0.1) is 11.3 Å². The van der Waals surface area contributed by atoms with E-state index in [1.165, 1.54) is 49.8 Å². The van der Waals surface area contributed by atoms with Crippen LogP contribution >= 0.6 is 0 Å². The van der Waals surface area contributed by atoms with Gasteiger partial charge in [-0.3, -0.25) is 19.3 Å². The molecular weight excluding hydrogens is 468 g/mol. The van der Waals surface area contributed by atoms with E-state index in [-0.39, 0.29) is 38.4 Å². The molecule has 1 aliphatic heterocycles. The van der Waals surface area contributed by atoms with Gasteiger partial charge < -0.3 is 4.74 Å². The number of sulfonamides is 1. The Morgan fingerprint density at radius 1 is 1.00 bits per heavy atom.